The number of fused-ring (bicyclic) bond motifs is 9. The van der Waals surface area contributed by atoms with Gasteiger partial charge in [0.15, 0.2) is 5.84 Å². The van der Waals surface area contributed by atoms with Crippen LogP contribution in [-0.2, 0) is 6.54 Å². The minimum absolute atomic E-state index is 0.396. The molecule has 4 nitrogen and oxygen atoms in total. The number of nitrogens with two attached hydrogens (primary N) is 1. The normalized spacial score (nSPS) is 12.5. The summed E-state index contributed by atoms with van der Waals surface area (Å²) >= 11 is 0. The fourth-order valence-electron chi connectivity index (χ4n) is 7.84. The average molecular weight is 680 g/mol. The zero-order valence-electron chi connectivity index (χ0n) is 28.8. The van der Waals surface area contributed by atoms with Crippen molar-refractivity contribution in [2.75, 3.05) is 0 Å². The van der Waals surface area contributed by atoms with E-state index < -0.39 is 0 Å². The van der Waals surface area contributed by atoms with E-state index in [9.17, 15) is 0 Å². The maximum Gasteiger partial charge on any atom is 0.158 e. The monoisotopic (exact) mass is 679 g/mol. The maximum atomic E-state index is 6.87. The highest BCUT2D eigenvalue weighted by Crippen LogP contribution is 2.40. The predicted octanol–water partition coefficient (Wildman–Crippen LogP) is 12.2. The van der Waals surface area contributed by atoms with Crippen molar-refractivity contribution in [1.29, 1.82) is 0 Å². The van der Waals surface area contributed by atoms with Crippen LogP contribution in [0.4, 0.5) is 0 Å². The van der Waals surface area contributed by atoms with Crippen molar-refractivity contribution in [2.45, 2.75) is 6.54 Å². The molecule has 0 unspecified atom stereocenters. The Morgan fingerprint density at radius 2 is 1.11 bits per heavy atom. The fraction of sp³-hybridized carbons (Fsp3) is 0.0204. The van der Waals surface area contributed by atoms with Crippen LogP contribution in [0, 0.1) is 0 Å². The maximum absolute atomic E-state index is 6.87. The molecule has 2 N–H and O–H groups in total. The Hall–Kier alpha value is -7.04. The second kappa shape index (κ2) is 12.6. The van der Waals surface area contributed by atoms with Gasteiger partial charge in [-0.05, 0) is 90.1 Å². The molecule has 0 radical (unpaired) electrons. The molecule has 0 fully saturated rings. The lowest BCUT2D eigenvalue weighted by Gasteiger charge is -2.15. The van der Waals surface area contributed by atoms with Gasteiger partial charge in [-0.3, -0.25) is 4.99 Å². The van der Waals surface area contributed by atoms with Crippen LogP contribution in [0.25, 0.3) is 76.2 Å². The highest BCUT2D eigenvalue weighted by atomic mass is 16.3. The highest BCUT2D eigenvalue weighted by molar-refractivity contribution is 6.24. The number of furan rings is 1. The molecule has 10 aromatic rings. The van der Waals surface area contributed by atoms with Crippen molar-refractivity contribution in [2.24, 2.45) is 15.7 Å². The average Bonchev–Trinajstić information content (AvgIpc) is 3.61. The summed E-state index contributed by atoms with van der Waals surface area (Å²) in [6.45, 7) is 0.403. The second-order valence-electron chi connectivity index (χ2n) is 13.5. The molecule has 0 bridgehead atoms. The summed E-state index contributed by atoms with van der Waals surface area (Å²) in [5.41, 5.74) is 13.4. The molecular formula is C49H33N3O. The van der Waals surface area contributed by atoms with E-state index in [-0.39, 0.29) is 0 Å². The molecule has 9 aromatic carbocycles. The summed E-state index contributed by atoms with van der Waals surface area (Å²) in [7, 11) is 0. The molecule has 1 heterocycles. The van der Waals surface area contributed by atoms with E-state index in [2.05, 4.69) is 133 Å². The molecular weight excluding hydrogens is 647 g/mol. The largest absolute Gasteiger partial charge is 0.456 e. The minimum Gasteiger partial charge on any atom is -0.456 e. The lowest BCUT2D eigenvalue weighted by atomic mass is 9.92. The van der Waals surface area contributed by atoms with E-state index in [4.69, 9.17) is 20.1 Å². The first-order chi connectivity index (χ1) is 26.2. The molecule has 250 valence electrons. The number of hydrogen-bond donors (Lipinski definition) is 1. The lowest BCUT2D eigenvalue weighted by molar-refractivity contribution is 0.669. The summed E-state index contributed by atoms with van der Waals surface area (Å²) in [5, 5.41) is 11.5. The van der Waals surface area contributed by atoms with Gasteiger partial charge in [0.25, 0.3) is 0 Å². The number of benzene rings is 9. The van der Waals surface area contributed by atoms with E-state index in [1.807, 2.05) is 42.5 Å². The molecule has 1 aromatic heterocycles. The van der Waals surface area contributed by atoms with Gasteiger partial charge in [-0.1, -0.05) is 146 Å². The van der Waals surface area contributed by atoms with Gasteiger partial charge >= 0.3 is 0 Å². The number of amidine groups is 2. The highest BCUT2D eigenvalue weighted by Gasteiger charge is 2.21. The first kappa shape index (κ1) is 30.8. The third kappa shape index (κ3) is 5.31. The molecule has 0 aliphatic heterocycles. The standard InChI is InChI=1S/C49H33N3O/c50-48(33-13-2-1-3-14-33)52-49(51-30-36-28-34-15-5-7-17-38(34)41-19-9-8-18-39(36)41)47-40(26-27-45-46(47)42-20-10-11-21-44(42)53-45)35-25-24-32-23-22-31-12-4-6-16-37(31)43(32)29-35/h1-29H,30H2,(H2,50,51,52). The van der Waals surface area contributed by atoms with E-state index in [0.29, 0.717) is 18.2 Å². The van der Waals surface area contributed by atoms with Crippen LogP contribution in [0.15, 0.2) is 190 Å². The van der Waals surface area contributed by atoms with Gasteiger partial charge in [0.2, 0.25) is 0 Å². The van der Waals surface area contributed by atoms with Gasteiger partial charge in [0.1, 0.15) is 17.0 Å². The zero-order chi connectivity index (χ0) is 35.3. The second-order valence-corrected chi connectivity index (χ2v) is 13.5. The van der Waals surface area contributed by atoms with Gasteiger partial charge in [-0.25, -0.2) is 4.99 Å². The molecule has 0 aliphatic carbocycles. The smallest absolute Gasteiger partial charge is 0.158 e. The molecule has 0 aliphatic rings. The molecule has 0 amide bonds. The van der Waals surface area contributed by atoms with Gasteiger partial charge in [0.05, 0.1) is 6.54 Å². The van der Waals surface area contributed by atoms with Crippen LogP contribution in [0.1, 0.15) is 16.7 Å². The fourth-order valence-corrected chi connectivity index (χ4v) is 7.84. The molecule has 4 heteroatoms. The van der Waals surface area contributed by atoms with E-state index in [1.165, 1.54) is 43.1 Å². The molecule has 53 heavy (non-hydrogen) atoms. The molecule has 0 atom stereocenters. The quantitative estimate of drug-likeness (QED) is 0.112. The topological polar surface area (TPSA) is 63.9 Å². The van der Waals surface area contributed by atoms with Crippen molar-refractivity contribution in [1.82, 2.24) is 0 Å². The van der Waals surface area contributed by atoms with Gasteiger partial charge in [-0.15, -0.1) is 0 Å². The number of nitrogens with zero attached hydrogens (tertiary/aromatic N) is 2. The summed E-state index contributed by atoms with van der Waals surface area (Å²) in [6.07, 6.45) is 0. The van der Waals surface area contributed by atoms with Crippen LogP contribution in [0.3, 0.4) is 0 Å². The van der Waals surface area contributed by atoms with Crippen molar-refractivity contribution < 1.29 is 4.42 Å². The Morgan fingerprint density at radius 3 is 1.92 bits per heavy atom. The van der Waals surface area contributed by atoms with Crippen LogP contribution in [0.2, 0.25) is 0 Å². The Morgan fingerprint density at radius 1 is 0.491 bits per heavy atom. The molecule has 0 saturated heterocycles. The van der Waals surface area contributed by atoms with Crippen LogP contribution in [-0.4, -0.2) is 11.7 Å². The zero-order valence-corrected chi connectivity index (χ0v) is 28.8. The first-order valence-electron chi connectivity index (χ1n) is 17.9. The number of aliphatic imine (C=N–C) groups is 2. The van der Waals surface area contributed by atoms with Crippen molar-refractivity contribution >= 4 is 76.7 Å². The van der Waals surface area contributed by atoms with E-state index in [1.54, 1.807) is 0 Å². The number of hydrogen-bond acceptors (Lipinski definition) is 2. The van der Waals surface area contributed by atoms with E-state index >= 15 is 0 Å². The number of para-hydroxylation sites is 1. The van der Waals surface area contributed by atoms with Crippen LogP contribution < -0.4 is 5.73 Å². The predicted molar refractivity (Wildman–Crippen MR) is 223 cm³/mol. The van der Waals surface area contributed by atoms with Gasteiger partial charge < -0.3 is 10.2 Å². The van der Waals surface area contributed by atoms with Crippen molar-refractivity contribution in [3.05, 3.63) is 193 Å². The Balaban J connectivity index is 1.27. The SMILES string of the molecule is NC(=NC(=NCc1cc2ccccc2c2ccccc12)c1c(-c2ccc3ccc4ccccc4c3c2)ccc2oc3ccccc3c12)c1ccccc1. The van der Waals surface area contributed by atoms with Crippen LogP contribution >= 0.6 is 0 Å². The van der Waals surface area contributed by atoms with Crippen LogP contribution in [0.5, 0.6) is 0 Å². The minimum atomic E-state index is 0.396. The van der Waals surface area contributed by atoms with Gasteiger partial charge in [-0.2, -0.15) is 0 Å². The molecule has 10 rings (SSSR count). The molecule has 0 spiro atoms. The van der Waals surface area contributed by atoms with Crippen molar-refractivity contribution in [3.8, 4) is 11.1 Å². The summed E-state index contributed by atoms with van der Waals surface area (Å²) in [6, 6.07) is 61.3. The van der Waals surface area contributed by atoms with Crippen molar-refractivity contribution in [3.63, 3.8) is 0 Å². The summed E-state index contributed by atoms with van der Waals surface area (Å²) < 4.78 is 6.49. The summed E-state index contributed by atoms with van der Waals surface area (Å²) in [5.74, 6) is 0.946. The third-order valence-corrected chi connectivity index (χ3v) is 10.4. The Bertz CT molecular complexity index is 3100. The van der Waals surface area contributed by atoms with E-state index in [0.717, 1.165) is 49.8 Å². The van der Waals surface area contributed by atoms with Gasteiger partial charge in [0, 0.05) is 21.9 Å². The molecule has 0 saturated carbocycles. The third-order valence-electron chi connectivity index (χ3n) is 10.4. The first-order valence-corrected chi connectivity index (χ1v) is 17.9. The number of rotatable bonds is 5. The summed E-state index contributed by atoms with van der Waals surface area (Å²) in [4.78, 5) is 10.6. The Kier molecular flexibility index (Phi) is 7.33. The Labute approximate surface area is 306 Å². The lowest BCUT2D eigenvalue weighted by Crippen LogP contribution is -2.17.